The fourth-order valence-corrected chi connectivity index (χ4v) is 0. The van der Waals surface area contributed by atoms with Gasteiger partial charge in [0.1, 0.15) is 0 Å². The van der Waals surface area contributed by atoms with Gasteiger partial charge in [-0.2, -0.15) is 0 Å². The molecule has 0 aromatic heterocycles. The van der Waals surface area contributed by atoms with E-state index in [2.05, 4.69) is 0 Å². The maximum atomic E-state index is 8.58. The molecule has 0 aliphatic rings. The van der Waals surface area contributed by atoms with Crippen LogP contribution >= 0.6 is 0 Å². The molecule has 36 valence electrons. The molecule has 0 aliphatic carbocycles. The van der Waals surface area contributed by atoms with Gasteiger partial charge in [-0.3, -0.25) is 0 Å². The minimum absolute atomic E-state index is 0. The molecule has 0 rings (SSSR count). The molecule has 0 aromatic carbocycles. The van der Waals surface area contributed by atoms with Crippen molar-refractivity contribution < 1.29 is 132 Å². The van der Waals surface area contributed by atoms with Gasteiger partial charge in [-0.15, -0.1) is 0 Å². The van der Waals surface area contributed by atoms with Crippen LogP contribution in [0.5, 0.6) is 0 Å². The van der Waals surface area contributed by atoms with Crippen LogP contribution in [0.2, 0.25) is 0 Å². The zero-order chi connectivity index (χ0) is 3.58. The Bertz CT molecular complexity index is 38.3. The van der Waals surface area contributed by atoms with Crippen LogP contribution < -0.4 is 110 Å². The zero-order valence-electron chi connectivity index (χ0n) is 3.72. The van der Waals surface area contributed by atoms with Crippen LogP contribution in [-0.4, -0.2) is 16.8 Å². The molecule has 0 bridgehead atoms. The second-order valence-corrected chi connectivity index (χ2v) is 1.03. The van der Waals surface area contributed by atoms with Crippen molar-refractivity contribution in [1.82, 2.24) is 0 Å². The Labute approximate surface area is 144 Å². The molecule has 0 aliphatic heterocycles. The molecule has 0 saturated carbocycles. The van der Waals surface area contributed by atoms with Crippen molar-refractivity contribution in [3.05, 3.63) is 0 Å². The molecule has 0 N–H and O–H groups in total. The first kappa shape index (κ1) is 29.7. The summed E-state index contributed by atoms with van der Waals surface area (Å²) in [6.45, 7) is 0. The molecule has 8 heteroatoms. The van der Waals surface area contributed by atoms with E-state index in [0.717, 1.165) is 0 Å². The minimum atomic E-state index is -4.08. The summed E-state index contributed by atoms with van der Waals surface area (Å²) in [5, 5.41) is 0. The van der Waals surface area contributed by atoms with Crippen LogP contribution in [0.4, 0.5) is 0 Å². The molecule has 0 unspecified atom stereocenters. The van der Waals surface area contributed by atoms with Crippen molar-refractivity contribution in [2.75, 3.05) is 0 Å². The third kappa shape index (κ3) is 52.2. The topological polar surface area (TPSA) is 63.2 Å². The summed E-state index contributed by atoms with van der Waals surface area (Å²) in [5.41, 5.74) is 0. The van der Waals surface area contributed by atoms with Crippen molar-refractivity contribution in [3.8, 4) is 0 Å². The Kier molecular flexibility index (Phi) is 83.4. The summed E-state index contributed by atoms with van der Waals surface area (Å²) in [6, 6.07) is 0. The Morgan fingerprint density at radius 3 is 1.00 bits per heavy atom. The molecule has 0 aromatic rings. The van der Waals surface area contributed by atoms with Crippen molar-refractivity contribution in [1.29, 1.82) is 0 Å². The first-order valence-corrected chi connectivity index (χ1v) is 2.52. The molecule has 3 nitrogen and oxygen atoms in total. The summed E-state index contributed by atoms with van der Waals surface area (Å²) in [6.07, 6.45) is 0. The van der Waals surface area contributed by atoms with E-state index in [1.165, 1.54) is 0 Å². The standard InChI is InChI=1S/2BH3.2K.3O.Ti/h2*1H3;;;;;;/q;;2*+1;;2*-1;. The fourth-order valence-electron chi connectivity index (χ4n) is 0. The fraction of sp³-hybridized carbons (Fsp3) is 0. The average Bonchev–Trinajstić information content (AvgIpc) is 0.811. The summed E-state index contributed by atoms with van der Waals surface area (Å²) < 4.78 is 25.8. The van der Waals surface area contributed by atoms with Gasteiger partial charge in [0.15, 0.2) is 0 Å². The summed E-state index contributed by atoms with van der Waals surface area (Å²) in [7, 11) is 0. The molecular weight excluding hydrogens is 196 g/mol. The second kappa shape index (κ2) is 22.4. The van der Waals surface area contributed by atoms with Gasteiger partial charge in [0.05, 0.1) is 16.8 Å². The van der Waals surface area contributed by atoms with Crippen molar-refractivity contribution in [2.24, 2.45) is 0 Å². The van der Waals surface area contributed by atoms with Gasteiger partial charge >= 0.3 is 132 Å². The Balaban J connectivity index is -0.00000000750. The van der Waals surface area contributed by atoms with E-state index in [-0.39, 0.29) is 120 Å². The summed E-state index contributed by atoms with van der Waals surface area (Å²) >= 11 is -4.08. The molecule has 0 amide bonds. The molecule has 0 atom stereocenters. The number of hydrogen-bond donors (Lipinski definition) is 0. The number of rotatable bonds is 0. The van der Waals surface area contributed by atoms with Crippen molar-refractivity contribution in [3.63, 3.8) is 0 Å². The van der Waals surface area contributed by atoms with E-state index >= 15 is 0 Å². The molecular formula is H6B2K2O3Ti. The molecule has 0 radical (unpaired) electrons. The third-order valence-corrected chi connectivity index (χ3v) is 0. The second-order valence-electron chi connectivity index (χ2n) is 0.250. The number of hydrogen-bond acceptors (Lipinski definition) is 3. The van der Waals surface area contributed by atoms with E-state index in [1.807, 2.05) is 0 Å². The van der Waals surface area contributed by atoms with E-state index in [1.54, 1.807) is 0 Å². The van der Waals surface area contributed by atoms with Gasteiger partial charge in [0.25, 0.3) is 0 Å². The predicted octanol–water partition coefficient (Wildman–Crippen LogP) is -10.9. The normalized spacial score (nSPS) is 3.25. The van der Waals surface area contributed by atoms with Crippen LogP contribution in [0.1, 0.15) is 0 Å². The van der Waals surface area contributed by atoms with Gasteiger partial charge in [0.2, 0.25) is 0 Å². The zero-order valence-corrected chi connectivity index (χ0v) is 11.5. The van der Waals surface area contributed by atoms with Gasteiger partial charge in [-0.05, 0) is 0 Å². The van der Waals surface area contributed by atoms with Crippen molar-refractivity contribution in [2.45, 2.75) is 0 Å². The van der Waals surface area contributed by atoms with E-state index in [9.17, 15) is 0 Å². The van der Waals surface area contributed by atoms with Gasteiger partial charge in [-0.1, -0.05) is 0 Å². The predicted molar refractivity (Wildman–Crippen MR) is 20.6 cm³/mol. The van der Waals surface area contributed by atoms with Crippen molar-refractivity contribution >= 4 is 16.8 Å². The van der Waals surface area contributed by atoms with Gasteiger partial charge in [0, 0.05) is 0 Å². The quantitative estimate of drug-likeness (QED) is 0.366. The molecule has 0 heterocycles. The van der Waals surface area contributed by atoms with E-state index in [4.69, 9.17) is 10.7 Å². The van der Waals surface area contributed by atoms with Gasteiger partial charge < -0.3 is 0 Å². The van der Waals surface area contributed by atoms with E-state index < -0.39 is 18.6 Å². The molecule has 0 saturated heterocycles. The monoisotopic (exact) mass is 202 g/mol. The third-order valence-electron chi connectivity index (χ3n) is 0. The van der Waals surface area contributed by atoms with E-state index in [0.29, 0.717) is 0 Å². The molecule has 8 heavy (non-hydrogen) atoms. The Hall–Kier alpha value is 3.84. The summed E-state index contributed by atoms with van der Waals surface area (Å²) in [4.78, 5) is 0. The summed E-state index contributed by atoms with van der Waals surface area (Å²) in [5.74, 6) is 0. The van der Waals surface area contributed by atoms with Crippen LogP contribution in [0.3, 0.4) is 0 Å². The Morgan fingerprint density at radius 2 is 1.00 bits per heavy atom. The Morgan fingerprint density at radius 1 is 1.00 bits per heavy atom. The average molecular weight is 202 g/mol. The van der Waals surface area contributed by atoms with Crippen LogP contribution in [0, 0.1) is 0 Å². The maximum absolute atomic E-state index is 8.58. The van der Waals surface area contributed by atoms with Crippen LogP contribution in [0.25, 0.3) is 0 Å². The SMILES string of the molecule is B.B.[K+].[K+].[O]=[Ti]([O-])[O-]. The molecule has 0 fully saturated rings. The first-order valence-electron chi connectivity index (χ1n) is 0.612. The first-order chi connectivity index (χ1) is 1.73. The van der Waals surface area contributed by atoms with Crippen LogP contribution in [-0.2, 0) is 21.9 Å². The molecule has 0 spiro atoms. The van der Waals surface area contributed by atoms with Crippen LogP contribution in [0.15, 0.2) is 0 Å². The van der Waals surface area contributed by atoms with Gasteiger partial charge in [-0.25, -0.2) is 0 Å².